The highest BCUT2D eigenvalue weighted by Crippen LogP contribution is 2.37. The minimum atomic E-state index is -1.01. The van der Waals surface area contributed by atoms with Gasteiger partial charge in [-0.2, -0.15) is 0 Å². The minimum absolute atomic E-state index is 0.115. The number of thiazole rings is 1. The Morgan fingerprint density at radius 1 is 1.14 bits per heavy atom. The predicted molar refractivity (Wildman–Crippen MR) is 136 cm³/mol. The van der Waals surface area contributed by atoms with Crippen molar-refractivity contribution in [2.45, 2.75) is 13.5 Å². The van der Waals surface area contributed by atoms with E-state index in [4.69, 9.17) is 21.1 Å². The van der Waals surface area contributed by atoms with E-state index in [1.807, 2.05) is 31.2 Å². The average molecular weight is 507 g/mol. The largest absolute Gasteiger partial charge is 0.490 e. The summed E-state index contributed by atoms with van der Waals surface area (Å²) in [5.74, 6) is -0.230. The highest BCUT2D eigenvalue weighted by atomic mass is 35.5. The van der Waals surface area contributed by atoms with Gasteiger partial charge in [-0.15, -0.1) is 0 Å². The van der Waals surface area contributed by atoms with Crippen molar-refractivity contribution >= 4 is 51.0 Å². The van der Waals surface area contributed by atoms with Crippen LogP contribution < -0.4 is 19.6 Å². The van der Waals surface area contributed by atoms with E-state index >= 15 is 0 Å². The van der Waals surface area contributed by atoms with Crippen molar-refractivity contribution in [3.8, 4) is 11.5 Å². The van der Waals surface area contributed by atoms with Crippen molar-refractivity contribution in [3.05, 3.63) is 97.3 Å². The van der Waals surface area contributed by atoms with Gasteiger partial charge in [0.25, 0.3) is 5.56 Å². The van der Waals surface area contributed by atoms with E-state index < -0.39 is 5.97 Å². The topological polar surface area (TPSA) is 90.1 Å². The van der Waals surface area contributed by atoms with Crippen LogP contribution in [-0.4, -0.2) is 27.1 Å². The van der Waals surface area contributed by atoms with Crippen LogP contribution in [0.4, 0.5) is 0 Å². The molecule has 0 spiro atoms. The maximum absolute atomic E-state index is 13.1. The van der Waals surface area contributed by atoms with Gasteiger partial charge in [0, 0.05) is 0 Å². The van der Waals surface area contributed by atoms with E-state index in [-0.39, 0.29) is 17.7 Å². The van der Waals surface area contributed by atoms with Gasteiger partial charge in [0.1, 0.15) is 6.61 Å². The third-order valence-electron chi connectivity index (χ3n) is 5.33. The molecule has 0 saturated carbocycles. The SMILES string of the molecule is CCOc1cc(/C=c2\sc3nc4ccccc4n3c2=O)cc(Cl)c1OCc1cccc(C(=O)O)c1. The fourth-order valence-electron chi connectivity index (χ4n) is 3.79. The number of fused-ring (bicyclic) bond motifs is 3. The van der Waals surface area contributed by atoms with Crippen molar-refractivity contribution in [2.75, 3.05) is 6.61 Å². The smallest absolute Gasteiger partial charge is 0.335 e. The lowest BCUT2D eigenvalue weighted by molar-refractivity contribution is 0.0696. The van der Waals surface area contributed by atoms with Crippen molar-refractivity contribution in [2.24, 2.45) is 0 Å². The van der Waals surface area contributed by atoms with Crippen LogP contribution in [0.2, 0.25) is 5.02 Å². The summed E-state index contributed by atoms with van der Waals surface area (Å²) >= 11 is 7.85. The molecule has 0 aliphatic carbocycles. The molecule has 9 heteroatoms. The first-order valence-electron chi connectivity index (χ1n) is 10.8. The molecule has 35 heavy (non-hydrogen) atoms. The molecule has 5 aromatic rings. The number of hydrogen-bond acceptors (Lipinski definition) is 6. The third-order valence-corrected chi connectivity index (χ3v) is 6.58. The summed E-state index contributed by atoms with van der Waals surface area (Å²) in [6, 6.07) is 17.5. The van der Waals surface area contributed by atoms with Gasteiger partial charge in [-0.3, -0.25) is 4.79 Å². The van der Waals surface area contributed by atoms with Crippen LogP contribution in [0.15, 0.2) is 65.5 Å². The predicted octanol–water partition coefficient (Wildman–Crippen LogP) is 4.79. The van der Waals surface area contributed by atoms with Crippen molar-refractivity contribution < 1.29 is 19.4 Å². The summed E-state index contributed by atoms with van der Waals surface area (Å²) in [5.41, 5.74) is 2.95. The second kappa shape index (κ2) is 9.40. The number of carboxylic acids is 1. The number of nitrogens with zero attached hydrogens (tertiary/aromatic N) is 2. The van der Waals surface area contributed by atoms with Gasteiger partial charge in [0.15, 0.2) is 16.5 Å². The zero-order valence-electron chi connectivity index (χ0n) is 18.5. The Kier molecular flexibility index (Phi) is 6.15. The van der Waals surface area contributed by atoms with E-state index in [1.165, 1.54) is 17.4 Å². The van der Waals surface area contributed by atoms with Crippen LogP contribution in [0.25, 0.3) is 22.1 Å². The van der Waals surface area contributed by atoms with Crippen LogP contribution in [0.1, 0.15) is 28.4 Å². The number of rotatable bonds is 7. The number of benzene rings is 3. The van der Waals surface area contributed by atoms with Gasteiger partial charge in [-0.05, 0) is 60.5 Å². The Bertz CT molecular complexity index is 1690. The summed E-state index contributed by atoms with van der Waals surface area (Å²) in [7, 11) is 0. The number of para-hydroxylation sites is 2. The van der Waals surface area contributed by atoms with Crippen LogP contribution in [0, 0.1) is 0 Å². The average Bonchev–Trinajstić information content (AvgIpc) is 3.35. The summed E-state index contributed by atoms with van der Waals surface area (Å²) in [6.45, 7) is 2.35. The lowest BCUT2D eigenvalue weighted by Crippen LogP contribution is -2.22. The lowest BCUT2D eigenvalue weighted by Gasteiger charge is -2.14. The number of ether oxygens (including phenoxy) is 2. The first-order valence-corrected chi connectivity index (χ1v) is 12.0. The molecular formula is C26H19ClN2O5S. The van der Waals surface area contributed by atoms with Crippen molar-refractivity contribution in [3.63, 3.8) is 0 Å². The van der Waals surface area contributed by atoms with Gasteiger partial charge >= 0.3 is 5.97 Å². The summed E-state index contributed by atoms with van der Waals surface area (Å²) in [6.07, 6.45) is 1.75. The molecule has 2 heterocycles. The molecule has 0 radical (unpaired) electrons. The number of halogens is 1. The van der Waals surface area contributed by atoms with Gasteiger partial charge in [0.05, 0.1) is 32.8 Å². The van der Waals surface area contributed by atoms with E-state index in [2.05, 4.69) is 4.98 Å². The van der Waals surface area contributed by atoms with E-state index in [0.29, 0.717) is 43.7 Å². The molecule has 0 saturated heterocycles. The molecule has 0 aliphatic rings. The van der Waals surface area contributed by atoms with Crippen LogP contribution in [0.5, 0.6) is 11.5 Å². The first-order chi connectivity index (χ1) is 16.9. The Morgan fingerprint density at radius 3 is 2.77 bits per heavy atom. The van der Waals surface area contributed by atoms with E-state index in [1.54, 1.807) is 40.8 Å². The second-order valence-electron chi connectivity index (χ2n) is 7.69. The quantitative estimate of drug-likeness (QED) is 0.341. The molecule has 0 amide bonds. The van der Waals surface area contributed by atoms with Gasteiger partial charge in [-0.25, -0.2) is 14.2 Å². The third kappa shape index (κ3) is 4.45. The zero-order chi connectivity index (χ0) is 24.5. The molecule has 5 rings (SSSR count). The Labute approximate surface area is 208 Å². The number of aromatic carboxylic acids is 1. The summed E-state index contributed by atoms with van der Waals surface area (Å²) in [4.78, 5) is 29.5. The highest BCUT2D eigenvalue weighted by Gasteiger charge is 2.15. The van der Waals surface area contributed by atoms with E-state index in [9.17, 15) is 14.7 Å². The van der Waals surface area contributed by atoms with Crippen molar-refractivity contribution in [1.82, 2.24) is 9.38 Å². The Hall–Kier alpha value is -3.88. The van der Waals surface area contributed by atoms with Crippen molar-refractivity contribution in [1.29, 1.82) is 0 Å². The maximum Gasteiger partial charge on any atom is 0.335 e. The maximum atomic E-state index is 13.1. The van der Waals surface area contributed by atoms with Gasteiger partial charge in [0.2, 0.25) is 0 Å². The molecule has 176 valence electrons. The molecule has 0 fully saturated rings. The highest BCUT2D eigenvalue weighted by molar-refractivity contribution is 7.15. The fraction of sp³-hybridized carbons (Fsp3) is 0.115. The molecule has 1 N–H and O–H groups in total. The Morgan fingerprint density at radius 2 is 1.97 bits per heavy atom. The number of carboxylic acid groups (broad SMARTS) is 1. The molecular weight excluding hydrogens is 488 g/mol. The van der Waals surface area contributed by atoms with Gasteiger partial charge < -0.3 is 14.6 Å². The number of imidazole rings is 1. The number of hydrogen-bond donors (Lipinski definition) is 1. The second-order valence-corrected chi connectivity index (χ2v) is 9.11. The number of carbonyl (C=O) groups is 1. The molecule has 0 unspecified atom stereocenters. The molecule has 7 nitrogen and oxygen atoms in total. The minimum Gasteiger partial charge on any atom is -0.490 e. The lowest BCUT2D eigenvalue weighted by atomic mass is 10.1. The summed E-state index contributed by atoms with van der Waals surface area (Å²) in [5, 5.41) is 9.51. The molecule has 2 aromatic heterocycles. The van der Waals surface area contributed by atoms with Crippen LogP contribution in [-0.2, 0) is 6.61 Å². The Balaban J connectivity index is 1.50. The zero-order valence-corrected chi connectivity index (χ0v) is 20.1. The van der Waals surface area contributed by atoms with E-state index in [0.717, 1.165) is 11.0 Å². The van der Waals surface area contributed by atoms with Gasteiger partial charge in [-0.1, -0.05) is 47.2 Å². The summed E-state index contributed by atoms with van der Waals surface area (Å²) < 4.78 is 13.8. The monoisotopic (exact) mass is 506 g/mol. The standard InChI is InChI=1S/C26H19ClN2O5S/c1-2-33-21-12-16(11-18(27)23(21)34-14-15-6-5-7-17(10-15)25(31)32)13-22-24(30)29-20-9-4-3-8-19(20)28-26(29)35-22/h3-13H,2,14H2,1H3,(H,31,32)/b22-13-. The van der Waals surface area contributed by atoms with Crippen LogP contribution >= 0.6 is 22.9 Å². The molecule has 0 bridgehead atoms. The molecule has 0 atom stereocenters. The molecule has 3 aromatic carbocycles. The first kappa shape index (κ1) is 22.9. The molecule has 0 aliphatic heterocycles. The fourth-order valence-corrected chi connectivity index (χ4v) is 5.05. The van der Waals surface area contributed by atoms with Crippen LogP contribution in [0.3, 0.4) is 0 Å². The normalized spacial score (nSPS) is 11.9. The number of aromatic nitrogens is 2.